The quantitative estimate of drug-likeness (QED) is 0.267. The zero-order valence-electron chi connectivity index (χ0n) is 19.3. The minimum atomic E-state index is -3.57. The number of nitrogens with zero attached hydrogens (tertiary/aromatic N) is 1. The highest BCUT2D eigenvalue weighted by molar-refractivity contribution is 7.90. The second-order valence-electron chi connectivity index (χ2n) is 8.19. The van der Waals surface area contributed by atoms with Crippen LogP contribution in [0, 0.1) is 0 Å². The molecule has 184 valence electrons. The van der Waals surface area contributed by atoms with Crippen molar-refractivity contribution in [3.05, 3.63) is 112 Å². The molecule has 0 aliphatic rings. The van der Waals surface area contributed by atoms with E-state index in [2.05, 4.69) is 15.6 Å². The molecule has 4 rings (SSSR count). The van der Waals surface area contributed by atoms with Gasteiger partial charge in [-0.3, -0.25) is 4.98 Å². The highest BCUT2D eigenvalue weighted by Crippen LogP contribution is 2.30. The summed E-state index contributed by atoms with van der Waals surface area (Å²) in [5.74, 6) is -0.133. The number of nitrogens with one attached hydrogen (secondary N) is 2. The Morgan fingerprint density at radius 3 is 2.31 bits per heavy atom. The van der Waals surface area contributed by atoms with Crippen LogP contribution in [0.1, 0.15) is 24.1 Å². The molecule has 2 N–H and O–H groups in total. The van der Waals surface area contributed by atoms with Crippen molar-refractivity contribution >= 4 is 44.8 Å². The first-order chi connectivity index (χ1) is 17.2. The number of sulfone groups is 1. The third-order valence-corrected chi connectivity index (χ3v) is 8.11. The Morgan fingerprint density at radius 2 is 1.64 bits per heavy atom. The van der Waals surface area contributed by atoms with Crippen LogP contribution >= 0.6 is 23.2 Å². The summed E-state index contributed by atoms with van der Waals surface area (Å²) >= 11 is 12.3. The van der Waals surface area contributed by atoms with Gasteiger partial charge in [0.1, 0.15) is 0 Å². The topological polar surface area (TPSA) is 88.2 Å². The van der Waals surface area contributed by atoms with Gasteiger partial charge in [-0.05, 0) is 65.6 Å². The van der Waals surface area contributed by atoms with E-state index in [1.165, 1.54) is 12.1 Å². The van der Waals surface area contributed by atoms with Crippen LogP contribution < -0.4 is 10.6 Å². The van der Waals surface area contributed by atoms with Gasteiger partial charge in [0.25, 0.3) is 0 Å². The number of anilines is 1. The number of carbonyl (C=O) groups excluding carboxylic acids is 1. The van der Waals surface area contributed by atoms with Crippen molar-refractivity contribution in [1.82, 2.24) is 10.3 Å². The SMILES string of the molecule is CC(NC(=O)Nc1ccc(S(=O)(=O)Cc2ccc(-c3cccnc3)cc2)cc1)c1cccc(Cl)c1Cl. The molecule has 2 amide bonds. The van der Waals surface area contributed by atoms with Crippen LogP contribution in [0.5, 0.6) is 0 Å². The van der Waals surface area contributed by atoms with Gasteiger partial charge in [-0.2, -0.15) is 0 Å². The minimum absolute atomic E-state index is 0.133. The maximum atomic E-state index is 12.9. The average molecular weight is 540 g/mol. The number of hydrogen-bond donors (Lipinski definition) is 2. The molecule has 0 radical (unpaired) electrons. The van der Waals surface area contributed by atoms with E-state index in [-0.39, 0.29) is 16.7 Å². The molecule has 1 heterocycles. The molecule has 6 nitrogen and oxygen atoms in total. The number of urea groups is 1. The number of pyridine rings is 1. The lowest BCUT2D eigenvalue weighted by molar-refractivity contribution is 0.249. The Labute approximate surface area is 220 Å². The molecular formula is C27H23Cl2N3O3S. The van der Waals surface area contributed by atoms with Gasteiger partial charge in [0.2, 0.25) is 0 Å². The number of amides is 2. The zero-order chi connectivity index (χ0) is 25.7. The van der Waals surface area contributed by atoms with Crippen molar-refractivity contribution in [1.29, 1.82) is 0 Å². The lowest BCUT2D eigenvalue weighted by Crippen LogP contribution is -2.31. The van der Waals surface area contributed by atoms with E-state index in [1.807, 2.05) is 24.3 Å². The normalized spacial score (nSPS) is 12.1. The molecule has 0 bridgehead atoms. The summed E-state index contributed by atoms with van der Waals surface area (Å²) in [5, 5.41) is 6.28. The van der Waals surface area contributed by atoms with Crippen molar-refractivity contribution in [2.75, 3.05) is 5.32 Å². The van der Waals surface area contributed by atoms with Crippen LogP contribution in [-0.4, -0.2) is 19.4 Å². The van der Waals surface area contributed by atoms with Gasteiger partial charge < -0.3 is 10.6 Å². The standard InChI is InChI=1S/C27H23Cl2N3O3S/c1-18(24-5-2-6-25(28)26(24)29)31-27(33)32-22-11-13-23(14-12-22)36(34,35)17-19-7-9-20(10-8-19)21-4-3-15-30-16-21/h2-16,18H,17H2,1H3,(H2,31,32,33). The molecule has 4 aromatic rings. The third kappa shape index (κ3) is 6.23. The van der Waals surface area contributed by atoms with Gasteiger partial charge in [0, 0.05) is 18.1 Å². The molecule has 1 unspecified atom stereocenters. The fourth-order valence-electron chi connectivity index (χ4n) is 3.67. The van der Waals surface area contributed by atoms with Crippen LogP contribution in [0.2, 0.25) is 10.0 Å². The molecule has 0 spiro atoms. The van der Waals surface area contributed by atoms with Gasteiger partial charge >= 0.3 is 6.03 Å². The number of rotatable bonds is 7. The van der Waals surface area contributed by atoms with E-state index in [9.17, 15) is 13.2 Å². The molecule has 0 saturated carbocycles. The second-order valence-corrected chi connectivity index (χ2v) is 11.0. The molecule has 0 fully saturated rings. The number of benzene rings is 3. The average Bonchev–Trinajstić information content (AvgIpc) is 2.86. The second kappa shape index (κ2) is 11.1. The Morgan fingerprint density at radius 1 is 0.917 bits per heavy atom. The smallest absolute Gasteiger partial charge is 0.319 e. The molecular weight excluding hydrogens is 517 g/mol. The lowest BCUT2D eigenvalue weighted by atomic mass is 10.1. The van der Waals surface area contributed by atoms with Crippen molar-refractivity contribution in [3.63, 3.8) is 0 Å². The number of hydrogen-bond acceptors (Lipinski definition) is 4. The summed E-state index contributed by atoms with van der Waals surface area (Å²) in [6.45, 7) is 1.79. The van der Waals surface area contributed by atoms with Crippen LogP contribution in [-0.2, 0) is 15.6 Å². The number of halogens is 2. The molecule has 0 aliphatic heterocycles. The molecule has 36 heavy (non-hydrogen) atoms. The predicted molar refractivity (Wildman–Crippen MR) is 144 cm³/mol. The van der Waals surface area contributed by atoms with Gasteiger partial charge in [-0.15, -0.1) is 0 Å². The summed E-state index contributed by atoms with van der Waals surface area (Å²) < 4.78 is 25.8. The van der Waals surface area contributed by atoms with Crippen LogP contribution in [0.25, 0.3) is 11.1 Å². The fourth-order valence-corrected chi connectivity index (χ4v) is 5.49. The van der Waals surface area contributed by atoms with Gasteiger partial charge in [-0.1, -0.05) is 65.7 Å². The van der Waals surface area contributed by atoms with Crippen molar-refractivity contribution < 1.29 is 13.2 Å². The highest BCUT2D eigenvalue weighted by atomic mass is 35.5. The number of aromatic nitrogens is 1. The fraction of sp³-hybridized carbons (Fsp3) is 0.111. The summed E-state index contributed by atoms with van der Waals surface area (Å²) in [7, 11) is -3.57. The van der Waals surface area contributed by atoms with E-state index in [0.717, 1.165) is 11.1 Å². The minimum Gasteiger partial charge on any atom is -0.331 e. The van der Waals surface area contributed by atoms with Crippen LogP contribution in [0.3, 0.4) is 0 Å². The highest BCUT2D eigenvalue weighted by Gasteiger charge is 2.17. The first-order valence-corrected chi connectivity index (χ1v) is 13.5. The molecule has 0 aliphatic carbocycles. The summed E-state index contributed by atoms with van der Waals surface area (Å²) in [4.78, 5) is 16.7. The van der Waals surface area contributed by atoms with Crippen molar-refractivity contribution in [2.45, 2.75) is 23.6 Å². The molecule has 3 aromatic carbocycles. The molecule has 1 atom stereocenters. The van der Waals surface area contributed by atoms with E-state index in [4.69, 9.17) is 23.2 Å². The summed E-state index contributed by atoms with van der Waals surface area (Å²) in [6, 6.07) is 21.6. The summed E-state index contributed by atoms with van der Waals surface area (Å²) in [5.41, 5.74) is 3.75. The Balaban J connectivity index is 1.38. The molecule has 0 saturated heterocycles. The largest absolute Gasteiger partial charge is 0.331 e. The Hall–Kier alpha value is -3.39. The van der Waals surface area contributed by atoms with Gasteiger partial charge in [-0.25, -0.2) is 13.2 Å². The summed E-state index contributed by atoms with van der Waals surface area (Å²) in [6.07, 6.45) is 3.46. The van der Waals surface area contributed by atoms with Crippen molar-refractivity contribution in [2.24, 2.45) is 0 Å². The maximum Gasteiger partial charge on any atom is 0.319 e. The van der Waals surface area contributed by atoms with E-state index in [1.54, 1.807) is 61.8 Å². The predicted octanol–water partition coefficient (Wildman–Crippen LogP) is 6.91. The lowest BCUT2D eigenvalue weighted by Gasteiger charge is -2.17. The third-order valence-electron chi connectivity index (χ3n) is 5.57. The molecule has 1 aromatic heterocycles. The van der Waals surface area contributed by atoms with Crippen molar-refractivity contribution in [3.8, 4) is 11.1 Å². The Bertz CT molecular complexity index is 1460. The first kappa shape index (κ1) is 25.7. The van der Waals surface area contributed by atoms with Gasteiger partial charge in [0.05, 0.1) is 26.7 Å². The first-order valence-electron chi connectivity index (χ1n) is 11.1. The maximum absolute atomic E-state index is 12.9. The van der Waals surface area contributed by atoms with Crippen LogP contribution in [0.4, 0.5) is 10.5 Å². The number of carbonyl (C=O) groups is 1. The van der Waals surface area contributed by atoms with Crippen LogP contribution in [0.15, 0.2) is 96.2 Å². The van der Waals surface area contributed by atoms with E-state index < -0.39 is 15.9 Å². The molecule has 9 heteroatoms. The zero-order valence-corrected chi connectivity index (χ0v) is 21.6. The monoisotopic (exact) mass is 539 g/mol. The van der Waals surface area contributed by atoms with E-state index in [0.29, 0.717) is 26.9 Å². The Kier molecular flexibility index (Phi) is 7.94. The van der Waals surface area contributed by atoms with E-state index >= 15 is 0 Å². The van der Waals surface area contributed by atoms with Gasteiger partial charge in [0.15, 0.2) is 9.84 Å².